The van der Waals surface area contributed by atoms with Crippen LogP contribution in [0.4, 0.5) is 0 Å². The standard InChI is InChI=1S/C16H25N3O2/c1-13(17-2)14-6-4-5-7-15(14)21-12-16(20)19-10-8-18(3)9-11-19/h4-7,13,17H,8-12H2,1-3H3. The van der Waals surface area contributed by atoms with Gasteiger partial charge in [-0.2, -0.15) is 0 Å². The molecule has 5 heteroatoms. The van der Waals surface area contributed by atoms with E-state index in [4.69, 9.17) is 4.74 Å². The summed E-state index contributed by atoms with van der Waals surface area (Å²) in [6, 6.07) is 8.05. The van der Waals surface area contributed by atoms with Crippen LogP contribution in [-0.2, 0) is 4.79 Å². The molecule has 1 aliphatic heterocycles. The Balaban J connectivity index is 1.92. The molecular formula is C16H25N3O2. The smallest absolute Gasteiger partial charge is 0.260 e. The van der Waals surface area contributed by atoms with Crippen molar-refractivity contribution < 1.29 is 9.53 Å². The third-order valence-corrected chi connectivity index (χ3v) is 4.03. The van der Waals surface area contributed by atoms with E-state index in [1.54, 1.807) is 0 Å². The van der Waals surface area contributed by atoms with E-state index < -0.39 is 0 Å². The number of nitrogens with one attached hydrogen (secondary N) is 1. The van der Waals surface area contributed by atoms with Crippen molar-refractivity contribution >= 4 is 5.91 Å². The number of piperazine rings is 1. The lowest BCUT2D eigenvalue weighted by atomic mass is 10.1. The molecule has 0 spiro atoms. The third kappa shape index (κ3) is 4.19. The van der Waals surface area contributed by atoms with Gasteiger partial charge >= 0.3 is 0 Å². The van der Waals surface area contributed by atoms with Crippen LogP contribution in [0.25, 0.3) is 0 Å². The first-order chi connectivity index (χ1) is 10.1. The van der Waals surface area contributed by atoms with Crippen molar-refractivity contribution in [2.75, 3.05) is 46.9 Å². The molecule has 21 heavy (non-hydrogen) atoms. The second-order valence-corrected chi connectivity index (χ2v) is 5.52. The molecule has 1 fully saturated rings. The fourth-order valence-electron chi connectivity index (χ4n) is 2.41. The molecule has 1 aromatic rings. The van der Waals surface area contributed by atoms with E-state index in [9.17, 15) is 4.79 Å². The largest absolute Gasteiger partial charge is 0.483 e. The second kappa shape index (κ2) is 7.43. The van der Waals surface area contributed by atoms with Gasteiger partial charge in [0.25, 0.3) is 5.91 Å². The Labute approximate surface area is 126 Å². The average Bonchev–Trinajstić information content (AvgIpc) is 2.52. The molecule has 0 bridgehead atoms. The van der Waals surface area contributed by atoms with Gasteiger partial charge in [-0.05, 0) is 27.1 Å². The predicted octanol–water partition coefficient (Wildman–Crippen LogP) is 1.12. The van der Waals surface area contributed by atoms with Crippen molar-refractivity contribution in [1.82, 2.24) is 15.1 Å². The topological polar surface area (TPSA) is 44.8 Å². The molecule has 5 nitrogen and oxygen atoms in total. The Bertz CT molecular complexity index is 470. The molecule has 116 valence electrons. The molecule has 0 radical (unpaired) electrons. The van der Waals surface area contributed by atoms with Gasteiger partial charge in [0.1, 0.15) is 5.75 Å². The van der Waals surface area contributed by atoms with Crippen LogP contribution in [0.3, 0.4) is 0 Å². The summed E-state index contributed by atoms with van der Waals surface area (Å²) in [6.45, 7) is 5.61. The minimum Gasteiger partial charge on any atom is -0.483 e. The molecule has 0 aromatic heterocycles. The fourth-order valence-corrected chi connectivity index (χ4v) is 2.41. The number of carbonyl (C=O) groups excluding carboxylic acids is 1. The zero-order valence-electron chi connectivity index (χ0n) is 13.1. The number of amides is 1. The van der Waals surface area contributed by atoms with Crippen LogP contribution in [0, 0.1) is 0 Å². The van der Waals surface area contributed by atoms with Crippen molar-refractivity contribution in [2.45, 2.75) is 13.0 Å². The molecule has 1 atom stereocenters. The Morgan fingerprint density at radius 3 is 2.62 bits per heavy atom. The number of benzene rings is 1. The van der Waals surface area contributed by atoms with Crippen LogP contribution in [0.2, 0.25) is 0 Å². The normalized spacial score (nSPS) is 17.6. The number of hydrogen-bond acceptors (Lipinski definition) is 4. The highest BCUT2D eigenvalue weighted by Crippen LogP contribution is 2.24. The highest BCUT2D eigenvalue weighted by Gasteiger charge is 2.20. The molecule has 2 rings (SSSR count). The van der Waals surface area contributed by atoms with Gasteiger partial charge in [0.2, 0.25) is 0 Å². The molecule has 1 amide bonds. The number of nitrogens with zero attached hydrogens (tertiary/aromatic N) is 2. The summed E-state index contributed by atoms with van der Waals surface area (Å²) >= 11 is 0. The minimum atomic E-state index is 0.0648. The summed E-state index contributed by atoms with van der Waals surface area (Å²) in [5, 5.41) is 3.20. The summed E-state index contributed by atoms with van der Waals surface area (Å²) in [7, 11) is 3.99. The quantitative estimate of drug-likeness (QED) is 0.883. The molecule has 1 aromatic carbocycles. The maximum absolute atomic E-state index is 12.2. The van der Waals surface area contributed by atoms with Crippen LogP contribution < -0.4 is 10.1 Å². The van der Waals surface area contributed by atoms with Gasteiger partial charge in [0.15, 0.2) is 6.61 Å². The lowest BCUT2D eigenvalue weighted by Crippen LogP contribution is -2.48. The van der Waals surface area contributed by atoms with Crippen LogP contribution in [-0.4, -0.2) is 62.6 Å². The molecule has 0 aliphatic carbocycles. The van der Waals surface area contributed by atoms with Crippen molar-refractivity contribution in [1.29, 1.82) is 0 Å². The second-order valence-electron chi connectivity index (χ2n) is 5.52. The van der Waals surface area contributed by atoms with E-state index in [0.29, 0.717) is 0 Å². The number of hydrogen-bond donors (Lipinski definition) is 1. The van der Waals surface area contributed by atoms with Gasteiger partial charge in [-0.25, -0.2) is 0 Å². The van der Waals surface area contributed by atoms with Gasteiger partial charge < -0.3 is 19.9 Å². The lowest BCUT2D eigenvalue weighted by Gasteiger charge is -2.32. The zero-order chi connectivity index (χ0) is 15.2. The number of rotatable bonds is 5. The van der Waals surface area contributed by atoms with Gasteiger partial charge in [0, 0.05) is 37.8 Å². The average molecular weight is 291 g/mol. The summed E-state index contributed by atoms with van der Waals surface area (Å²) in [4.78, 5) is 16.3. The Kier molecular flexibility index (Phi) is 5.59. The van der Waals surface area contributed by atoms with Crippen LogP contribution in [0.15, 0.2) is 24.3 Å². The zero-order valence-corrected chi connectivity index (χ0v) is 13.1. The molecule has 1 unspecified atom stereocenters. The summed E-state index contributed by atoms with van der Waals surface area (Å²) in [5.41, 5.74) is 1.08. The van der Waals surface area contributed by atoms with Gasteiger partial charge in [-0.15, -0.1) is 0 Å². The Morgan fingerprint density at radius 1 is 1.29 bits per heavy atom. The molecule has 1 heterocycles. The number of likely N-dealkylation sites (N-methyl/N-ethyl adjacent to an activating group) is 1. The maximum Gasteiger partial charge on any atom is 0.260 e. The van der Waals surface area contributed by atoms with Crippen LogP contribution >= 0.6 is 0 Å². The number of para-hydroxylation sites is 1. The SMILES string of the molecule is CNC(C)c1ccccc1OCC(=O)N1CCN(C)CC1. The maximum atomic E-state index is 12.2. The highest BCUT2D eigenvalue weighted by atomic mass is 16.5. The summed E-state index contributed by atoms with van der Waals surface area (Å²) in [5.74, 6) is 0.844. The van der Waals surface area contributed by atoms with E-state index in [2.05, 4.69) is 24.2 Å². The van der Waals surface area contributed by atoms with Crippen molar-refractivity contribution in [3.63, 3.8) is 0 Å². The monoisotopic (exact) mass is 291 g/mol. The van der Waals surface area contributed by atoms with Crippen LogP contribution in [0.5, 0.6) is 5.75 Å². The first kappa shape index (κ1) is 15.8. The van der Waals surface area contributed by atoms with Gasteiger partial charge in [-0.1, -0.05) is 18.2 Å². The van der Waals surface area contributed by atoms with Gasteiger partial charge in [0.05, 0.1) is 0 Å². The first-order valence-electron chi connectivity index (χ1n) is 7.47. The third-order valence-electron chi connectivity index (χ3n) is 4.03. The van der Waals surface area contributed by atoms with Crippen molar-refractivity contribution in [3.8, 4) is 5.75 Å². The molecule has 0 saturated carbocycles. The van der Waals surface area contributed by atoms with E-state index in [1.807, 2.05) is 36.2 Å². The molecule has 1 aliphatic rings. The molecule has 1 N–H and O–H groups in total. The predicted molar refractivity (Wildman–Crippen MR) is 83.5 cm³/mol. The van der Waals surface area contributed by atoms with Crippen molar-refractivity contribution in [3.05, 3.63) is 29.8 Å². The summed E-state index contributed by atoms with van der Waals surface area (Å²) in [6.07, 6.45) is 0. The highest BCUT2D eigenvalue weighted by molar-refractivity contribution is 5.78. The van der Waals surface area contributed by atoms with Crippen LogP contribution in [0.1, 0.15) is 18.5 Å². The fraction of sp³-hybridized carbons (Fsp3) is 0.562. The molecule has 1 saturated heterocycles. The summed E-state index contributed by atoms with van der Waals surface area (Å²) < 4.78 is 5.76. The van der Waals surface area contributed by atoms with E-state index in [0.717, 1.165) is 37.5 Å². The lowest BCUT2D eigenvalue weighted by molar-refractivity contribution is -0.134. The molecular weight excluding hydrogens is 266 g/mol. The number of carbonyl (C=O) groups is 1. The van der Waals surface area contributed by atoms with Crippen molar-refractivity contribution in [2.24, 2.45) is 0 Å². The van der Waals surface area contributed by atoms with E-state index >= 15 is 0 Å². The van der Waals surface area contributed by atoms with Gasteiger partial charge in [-0.3, -0.25) is 4.79 Å². The first-order valence-corrected chi connectivity index (χ1v) is 7.47. The Morgan fingerprint density at radius 2 is 1.95 bits per heavy atom. The minimum absolute atomic E-state index is 0.0648. The number of ether oxygens (including phenoxy) is 1. The van der Waals surface area contributed by atoms with E-state index in [1.165, 1.54) is 0 Å². The van der Waals surface area contributed by atoms with E-state index in [-0.39, 0.29) is 18.6 Å². The Hall–Kier alpha value is -1.59.